The van der Waals surface area contributed by atoms with Crippen molar-refractivity contribution in [1.29, 1.82) is 0 Å². The van der Waals surface area contributed by atoms with Crippen LogP contribution in [0.2, 0.25) is 0 Å². The van der Waals surface area contributed by atoms with Gasteiger partial charge in [0.05, 0.1) is 6.61 Å². The van der Waals surface area contributed by atoms with Crippen LogP contribution in [-0.2, 0) is 4.74 Å². The monoisotopic (exact) mass is 256 g/mol. The van der Waals surface area contributed by atoms with Gasteiger partial charge in [-0.15, -0.1) is 0 Å². The Morgan fingerprint density at radius 2 is 2.11 bits per heavy atom. The first-order valence-corrected chi connectivity index (χ1v) is 6.95. The van der Waals surface area contributed by atoms with Crippen molar-refractivity contribution in [1.82, 2.24) is 10.2 Å². The van der Waals surface area contributed by atoms with Crippen molar-refractivity contribution in [2.75, 3.05) is 32.8 Å². The fourth-order valence-electron chi connectivity index (χ4n) is 2.41. The van der Waals surface area contributed by atoms with E-state index >= 15 is 0 Å². The average molecular weight is 256 g/mol. The van der Waals surface area contributed by atoms with Gasteiger partial charge < -0.3 is 20.1 Å². The Bertz CT molecular complexity index is 284. The Morgan fingerprint density at radius 3 is 2.61 bits per heavy atom. The smallest absolute Gasteiger partial charge is 0.409 e. The molecule has 0 aromatic rings. The molecule has 0 bridgehead atoms. The van der Waals surface area contributed by atoms with E-state index < -0.39 is 0 Å². The number of amides is 1. The standard InChI is InChI=1S/C13H24N2O3/c1-2-18-12(17)15-7-3-11(4-8-15)14-9-13(10-16)5-6-13/h11,14,16H,2-10H2,1H3. The predicted octanol–water partition coefficient (Wildman–Crippen LogP) is 0.969. The highest BCUT2D eigenvalue weighted by molar-refractivity contribution is 5.67. The topological polar surface area (TPSA) is 61.8 Å². The van der Waals surface area contributed by atoms with Gasteiger partial charge in [0, 0.05) is 37.7 Å². The van der Waals surface area contributed by atoms with Crippen LogP contribution in [0.1, 0.15) is 32.6 Å². The summed E-state index contributed by atoms with van der Waals surface area (Å²) < 4.78 is 4.99. The lowest BCUT2D eigenvalue weighted by Crippen LogP contribution is -2.46. The van der Waals surface area contributed by atoms with Gasteiger partial charge >= 0.3 is 6.09 Å². The largest absolute Gasteiger partial charge is 0.450 e. The molecule has 1 saturated carbocycles. The summed E-state index contributed by atoms with van der Waals surface area (Å²) in [6, 6.07) is 0.472. The maximum absolute atomic E-state index is 11.5. The molecule has 0 atom stereocenters. The first-order chi connectivity index (χ1) is 8.69. The summed E-state index contributed by atoms with van der Waals surface area (Å²) in [7, 11) is 0. The fraction of sp³-hybridized carbons (Fsp3) is 0.923. The van der Waals surface area contributed by atoms with Crippen molar-refractivity contribution in [3.05, 3.63) is 0 Å². The summed E-state index contributed by atoms with van der Waals surface area (Å²) in [6.45, 7) is 5.01. The zero-order chi connectivity index (χ0) is 13.0. The zero-order valence-electron chi connectivity index (χ0n) is 11.2. The van der Waals surface area contributed by atoms with Crippen molar-refractivity contribution in [2.24, 2.45) is 5.41 Å². The van der Waals surface area contributed by atoms with Gasteiger partial charge in [-0.05, 0) is 32.6 Å². The highest BCUT2D eigenvalue weighted by atomic mass is 16.6. The summed E-state index contributed by atoms with van der Waals surface area (Å²) in [4.78, 5) is 13.3. The van der Waals surface area contributed by atoms with E-state index in [1.165, 1.54) is 0 Å². The minimum atomic E-state index is -0.190. The highest BCUT2D eigenvalue weighted by Crippen LogP contribution is 2.44. The third-order valence-electron chi connectivity index (χ3n) is 4.08. The molecule has 0 aromatic heterocycles. The number of nitrogens with zero attached hydrogens (tertiary/aromatic N) is 1. The second-order valence-corrected chi connectivity index (χ2v) is 5.50. The van der Waals surface area contributed by atoms with Gasteiger partial charge in [0.2, 0.25) is 0 Å². The van der Waals surface area contributed by atoms with E-state index in [0.717, 1.165) is 45.3 Å². The quantitative estimate of drug-likeness (QED) is 0.769. The van der Waals surface area contributed by atoms with E-state index in [9.17, 15) is 9.90 Å². The minimum Gasteiger partial charge on any atom is -0.450 e. The molecular formula is C13H24N2O3. The molecule has 5 nitrogen and oxygen atoms in total. The van der Waals surface area contributed by atoms with Crippen molar-refractivity contribution in [3.63, 3.8) is 0 Å². The number of likely N-dealkylation sites (tertiary alicyclic amines) is 1. The molecule has 2 N–H and O–H groups in total. The third kappa shape index (κ3) is 3.36. The van der Waals surface area contributed by atoms with Crippen molar-refractivity contribution in [2.45, 2.75) is 38.6 Å². The fourth-order valence-corrected chi connectivity index (χ4v) is 2.41. The SMILES string of the molecule is CCOC(=O)N1CCC(NCC2(CO)CC2)CC1. The summed E-state index contributed by atoms with van der Waals surface area (Å²) in [5.41, 5.74) is 0.165. The van der Waals surface area contributed by atoms with Gasteiger partial charge in [-0.2, -0.15) is 0 Å². The Kier molecular flexibility index (Phi) is 4.45. The zero-order valence-corrected chi connectivity index (χ0v) is 11.2. The Balaban J connectivity index is 1.65. The number of piperidine rings is 1. The van der Waals surface area contributed by atoms with E-state index in [1.807, 2.05) is 6.92 Å². The normalized spacial score (nSPS) is 22.9. The van der Waals surface area contributed by atoms with E-state index in [-0.39, 0.29) is 11.5 Å². The number of rotatable bonds is 5. The molecule has 2 aliphatic rings. The first-order valence-electron chi connectivity index (χ1n) is 6.95. The molecular weight excluding hydrogens is 232 g/mol. The van der Waals surface area contributed by atoms with Gasteiger partial charge in [0.15, 0.2) is 0 Å². The molecule has 1 aliphatic carbocycles. The van der Waals surface area contributed by atoms with Gasteiger partial charge in [0.1, 0.15) is 0 Å². The molecule has 104 valence electrons. The number of hydrogen-bond donors (Lipinski definition) is 2. The summed E-state index contributed by atoms with van der Waals surface area (Å²) in [5, 5.41) is 12.8. The van der Waals surface area contributed by atoms with E-state index in [0.29, 0.717) is 19.3 Å². The molecule has 0 spiro atoms. The number of aliphatic hydroxyl groups is 1. The first kappa shape index (κ1) is 13.6. The van der Waals surface area contributed by atoms with Crippen LogP contribution in [0.25, 0.3) is 0 Å². The van der Waals surface area contributed by atoms with Crippen LogP contribution >= 0.6 is 0 Å². The van der Waals surface area contributed by atoms with Gasteiger partial charge in [0.25, 0.3) is 0 Å². The van der Waals surface area contributed by atoms with Crippen LogP contribution in [0.4, 0.5) is 4.79 Å². The van der Waals surface area contributed by atoms with E-state index in [4.69, 9.17) is 4.74 Å². The molecule has 0 aromatic carbocycles. The average Bonchev–Trinajstić information content (AvgIpc) is 3.18. The molecule has 18 heavy (non-hydrogen) atoms. The number of ether oxygens (including phenoxy) is 1. The molecule has 1 heterocycles. The second-order valence-electron chi connectivity index (χ2n) is 5.50. The summed E-state index contributed by atoms with van der Waals surface area (Å²) in [5.74, 6) is 0. The van der Waals surface area contributed by atoms with Crippen LogP contribution in [0, 0.1) is 5.41 Å². The van der Waals surface area contributed by atoms with Crippen molar-refractivity contribution in [3.8, 4) is 0 Å². The lowest BCUT2D eigenvalue weighted by molar-refractivity contribution is 0.0941. The lowest BCUT2D eigenvalue weighted by Gasteiger charge is -2.32. The summed E-state index contributed by atoms with van der Waals surface area (Å²) in [6.07, 6.45) is 4.03. The third-order valence-corrected chi connectivity index (χ3v) is 4.08. The number of aliphatic hydroxyl groups excluding tert-OH is 1. The van der Waals surface area contributed by atoms with Crippen LogP contribution in [0.5, 0.6) is 0 Å². The van der Waals surface area contributed by atoms with Crippen molar-refractivity contribution < 1.29 is 14.6 Å². The maximum Gasteiger partial charge on any atom is 0.409 e. The van der Waals surface area contributed by atoms with Gasteiger partial charge in [-0.25, -0.2) is 4.79 Å². The van der Waals surface area contributed by atoms with Gasteiger partial charge in [-0.1, -0.05) is 0 Å². The maximum atomic E-state index is 11.5. The Hall–Kier alpha value is -0.810. The predicted molar refractivity (Wildman–Crippen MR) is 68.4 cm³/mol. The molecule has 1 amide bonds. The van der Waals surface area contributed by atoms with E-state index in [2.05, 4.69) is 5.32 Å². The molecule has 2 fully saturated rings. The number of hydrogen-bond acceptors (Lipinski definition) is 4. The van der Waals surface area contributed by atoms with Crippen LogP contribution in [0.15, 0.2) is 0 Å². The minimum absolute atomic E-state index is 0.165. The highest BCUT2D eigenvalue weighted by Gasteiger charge is 2.42. The molecule has 0 unspecified atom stereocenters. The van der Waals surface area contributed by atoms with Crippen LogP contribution < -0.4 is 5.32 Å². The Labute approximate surface area is 108 Å². The second kappa shape index (κ2) is 5.89. The Morgan fingerprint density at radius 1 is 1.44 bits per heavy atom. The van der Waals surface area contributed by atoms with Gasteiger partial charge in [-0.3, -0.25) is 0 Å². The lowest BCUT2D eigenvalue weighted by atomic mass is 10.0. The molecule has 1 aliphatic heterocycles. The number of nitrogens with one attached hydrogen (secondary N) is 1. The molecule has 2 rings (SSSR count). The molecule has 1 saturated heterocycles. The number of carbonyl (C=O) groups excluding carboxylic acids is 1. The van der Waals surface area contributed by atoms with Crippen LogP contribution in [0.3, 0.4) is 0 Å². The van der Waals surface area contributed by atoms with Crippen molar-refractivity contribution >= 4 is 6.09 Å². The number of carbonyl (C=O) groups is 1. The summed E-state index contributed by atoms with van der Waals surface area (Å²) >= 11 is 0. The molecule has 5 heteroatoms. The van der Waals surface area contributed by atoms with Crippen LogP contribution in [-0.4, -0.2) is 55.0 Å². The molecule has 0 radical (unpaired) electrons. The van der Waals surface area contributed by atoms with E-state index in [1.54, 1.807) is 4.90 Å².